The lowest BCUT2D eigenvalue weighted by molar-refractivity contribution is -0.121. The second kappa shape index (κ2) is 8.68. The molecule has 3 heterocycles. The van der Waals surface area contributed by atoms with Gasteiger partial charge in [0, 0.05) is 49.2 Å². The van der Waals surface area contributed by atoms with Gasteiger partial charge in [0.2, 0.25) is 11.9 Å². The minimum Gasteiger partial charge on any atom is -0.379 e. The summed E-state index contributed by atoms with van der Waals surface area (Å²) in [4.78, 5) is 24.3. The number of aryl methyl sites for hydroxylation is 1. The fraction of sp³-hybridized carbons (Fsp3) is 0.500. The first kappa shape index (κ1) is 20.0. The number of morpholine rings is 1. The monoisotopic (exact) mass is 421 g/mol. The van der Waals surface area contributed by atoms with Crippen molar-refractivity contribution in [2.45, 2.75) is 31.7 Å². The number of rotatable bonds is 4. The number of carbonyl (C=O) groups excluding carboxylic acids is 1. The summed E-state index contributed by atoms with van der Waals surface area (Å²) in [6.45, 7) is 3.64. The molecule has 0 atom stereocenters. The van der Waals surface area contributed by atoms with E-state index in [0.717, 1.165) is 74.1 Å². The number of hydrogen-bond acceptors (Lipinski definition) is 7. The van der Waals surface area contributed by atoms with Crippen molar-refractivity contribution in [2.75, 3.05) is 31.6 Å². The van der Waals surface area contributed by atoms with Crippen LogP contribution >= 0.6 is 0 Å². The standard InChI is InChI=1S/C22H27N7O2/c1-28-14-20(26-27-28)16-2-3-17-13-23-22(24-19(17)12-16)25-21(30)15-4-6-18(7-5-15)29-8-10-31-11-9-29/h2-3,12-15,18H,4-11H2,1H3,(H,23,24,25,30)/t15-,18-. The van der Waals surface area contributed by atoms with Crippen molar-refractivity contribution < 1.29 is 9.53 Å². The Hall–Kier alpha value is -2.91. The Labute approximate surface area is 180 Å². The maximum atomic E-state index is 12.8. The lowest BCUT2D eigenvalue weighted by Crippen LogP contribution is -2.45. The van der Waals surface area contributed by atoms with Crippen LogP contribution in [0.25, 0.3) is 22.2 Å². The topological polar surface area (TPSA) is 98.1 Å². The molecule has 1 saturated carbocycles. The van der Waals surface area contributed by atoms with Crippen LogP contribution in [-0.2, 0) is 16.6 Å². The maximum Gasteiger partial charge on any atom is 0.229 e. The SMILES string of the molecule is Cn1cc(-c2ccc3cnc(NC(=O)[C@H]4CC[C@H](N5CCOCC5)CC4)nc3c2)nn1. The molecule has 9 nitrogen and oxygen atoms in total. The molecule has 1 aromatic carbocycles. The molecular weight excluding hydrogens is 394 g/mol. The van der Waals surface area contributed by atoms with E-state index in [1.54, 1.807) is 10.9 Å². The Balaban J connectivity index is 1.24. The van der Waals surface area contributed by atoms with E-state index in [2.05, 4.69) is 30.5 Å². The lowest BCUT2D eigenvalue weighted by atomic mass is 9.84. The number of nitrogens with one attached hydrogen (secondary N) is 1. The molecule has 1 N–H and O–H groups in total. The Bertz CT molecular complexity index is 1070. The average Bonchev–Trinajstić information content (AvgIpc) is 3.25. The number of carbonyl (C=O) groups is 1. The third kappa shape index (κ3) is 4.42. The van der Waals surface area contributed by atoms with E-state index in [1.165, 1.54) is 0 Å². The zero-order valence-electron chi connectivity index (χ0n) is 17.7. The molecule has 5 rings (SSSR count). The van der Waals surface area contributed by atoms with Gasteiger partial charge in [-0.3, -0.25) is 19.7 Å². The predicted octanol–water partition coefficient (Wildman–Crippen LogP) is 2.25. The number of aromatic nitrogens is 5. The molecule has 31 heavy (non-hydrogen) atoms. The van der Waals surface area contributed by atoms with E-state index in [0.29, 0.717) is 12.0 Å². The second-order valence-electron chi connectivity index (χ2n) is 8.39. The molecular formula is C22H27N7O2. The highest BCUT2D eigenvalue weighted by Gasteiger charge is 2.30. The summed E-state index contributed by atoms with van der Waals surface area (Å²) in [6.07, 6.45) is 7.51. The Morgan fingerprint density at radius 1 is 1.16 bits per heavy atom. The van der Waals surface area contributed by atoms with Gasteiger partial charge >= 0.3 is 0 Å². The molecule has 1 saturated heterocycles. The molecule has 0 spiro atoms. The molecule has 0 radical (unpaired) electrons. The molecule has 0 bridgehead atoms. The number of anilines is 1. The van der Waals surface area contributed by atoms with Crippen molar-refractivity contribution in [3.8, 4) is 11.3 Å². The molecule has 2 aromatic heterocycles. The summed E-state index contributed by atoms with van der Waals surface area (Å²) in [6, 6.07) is 6.45. The van der Waals surface area contributed by atoms with Crippen molar-refractivity contribution in [3.63, 3.8) is 0 Å². The summed E-state index contributed by atoms with van der Waals surface area (Å²) in [7, 11) is 1.84. The Morgan fingerprint density at radius 3 is 2.71 bits per heavy atom. The van der Waals surface area contributed by atoms with Crippen molar-refractivity contribution in [1.29, 1.82) is 0 Å². The van der Waals surface area contributed by atoms with Crippen LogP contribution in [0.4, 0.5) is 5.95 Å². The fourth-order valence-corrected chi connectivity index (χ4v) is 4.58. The summed E-state index contributed by atoms with van der Waals surface area (Å²) in [5.74, 6) is 0.386. The third-order valence-corrected chi connectivity index (χ3v) is 6.35. The Kier molecular flexibility index (Phi) is 5.61. The van der Waals surface area contributed by atoms with Gasteiger partial charge in [-0.05, 0) is 31.7 Å². The first-order chi connectivity index (χ1) is 15.2. The van der Waals surface area contributed by atoms with Crippen molar-refractivity contribution in [3.05, 3.63) is 30.6 Å². The minimum absolute atomic E-state index is 0.0162. The zero-order chi connectivity index (χ0) is 21.2. The molecule has 2 fully saturated rings. The van der Waals surface area contributed by atoms with Crippen LogP contribution in [0.5, 0.6) is 0 Å². The van der Waals surface area contributed by atoms with Gasteiger partial charge in [0.1, 0.15) is 5.69 Å². The van der Waals surface area contributed by atoms with E-state index >= 15 is 0 Å². The molecule has 1 amide bonds. The van der Waals surface area contributed by atoms with Crippen molar-refractivity contribution in [1.82, 2.24) is 29.9 Å². The largest absolute Gasteiger partial charge is 0.379 e. The van der Waals surface area contributed by atoms with Gasteiger partial charge in [-0.1, -0.05) is 17.3 Å². The third-order valence-electron chi connectivity index (χ3n) is 6.35. The van der Waals surface area contributed by atoms with Crippen LogP contribution in [-0.4, -0.2) is 68.1 Å². The average molecular weight is 422 g/mol. The summed E-state index contributed by atoms with van der Waals surface area (Å²) in [5.41, 5.74) is 2.48. The van der Waals surface area contributed by atoms with Gasteiger partial charge in [-0.15, -0.1) is 5.10 Å². The lowest BCUT2D eigenvalue weighted by Gasteiger charge is -2.38. The molecule has 0 unspecified atom stereocenters. The van der Waals surface area contributed by atoms with Gasteiger partial charge in [-0.25, -0.2) is 9.97 Å². The summed E-state index contributed by atoms with van der Waals surface area (Å²) < 4.78 is 7.12. The van der Waals surface area contributed by atoms with Crippen LogP contribution in [0.1, 0.15) is 25.7 Å². The molecule has 2 aliphatic rings. The summed E-state index contributed by atoms with van der Waals surface area (Å²) in [5, 5.41) is 12.0. The number of fused-ring (bicyclic) bond motifs is 1. The van der Waals surface area contributed by atoms with Gasteiger partial charge in [0.15, 0.2) is 0 Å². The molecule has 3 aromatic rings. The van der Waals surface area contributed by atoms with E-state index < -0.39 is 0 Å². The Morgan fingerprint density at radius 2 is 1.97 bits per heavy atom. The highest BCUT2D eigenvalue weighted by atomic mass is 16.5. The highest BCUT2D eigenvalue weighted by Crippen LogP contribution is 2.29. The first-order valence-corrected chi connectivity index (χ1v) is 10.9. The molecule has 1 aliphatic heterocycles. The maximum absolute atomic E-state index is 12.8. The fourth-order valence-electron chi connectivity index (χ4n) is 4.58. The second-order valence-corrected chi connectivity index (χ2v) is 8.39. The highest BCUT2D eigenvalue weighted by molar-refractivity contribution is 5.92. The molecule has 162 valence electrons. The molecule has 9 heteroatoms. The van der Waals surface area contributed by atoms with Gasteiger partial charge in [-0.2, -0.15) is 0 Å². The number of ether oxygens (including phenoxy) is 1. The van der Waals surface area contributed by atoms with Crippen LogP contribution in [0.3, 0.4) is 0 Å². The van der Waals surface area contributed by atoms with E-state index in [4.69, 9.17) is 4.74 Å². The first-order valence-electron chi connectivity index (χ1n) is 10.9. The molecule has 1 aliphatic carbocycles. The normalized spacial score (nSPS) is 22.5. The van der Waals surface area contributed by atoms with Crippen molar-refractivity contribution in [2.24, 2.45) is 13.0 Å². The van der Waals surface area contributed by atoms with Crippen LogP contribution < -0.4 is 5.32 Å². The number of nitrogens with zero attached hydrogens (tertiary/aromatic N) is 6. The minimum atomic E-state index is 0.0162. The van der Waals surface area contributed by atoms with Crippen molar-refractivity contribution >= 4 is 22.8 Å². The number of amides is 1. The van der Waals surface area contributed by atoms with Crippen LogP contribution in [0.15, 0.2) is 30.6 Å². The smallest absolute Gasteiger partial charge is 0.229 e. The van der Waals surface area contributed by atoms with Gasteiger partial charge < -0.3 is 4.74 Å². The zero-order valence-corrected chi connectivity index (χ0v) is 17.7. The van der Waals surface area contributed by atoms with Gasteiger partial charge in [0.25, 0.3) is 0 Å². The van der Waals surface area contributed by atoms with E-state index in [1.807, 2.05) is 31.4 Å². The summed E-state index contributed by atoms with van der Waals surface area (Å²) >= 11 is 0. The van der Waals surface area contributed by atoms with Gasteiger partial charge in [0.05, 0.1) is 24.9 Å². The van der Waals surface area contributed by atoms with E-state index in [-0.39, 0.29) is 11.8 Å². The van der Waals surface area contributed by atoms with Crippen LogP contribution in [0, 0.1) is 5.92 Å². The van der Waals surface area contributed by atoms with Crippen LogP contribution in [0.2, 0.25) is 0 Å². The predicted molar refractivity (Wildman–Crippen MR) is 116 cm³/mol. The quantitative estimate of drug-likeness (QED) is 0.690. The number of benzene rings is 1. The van der Waals surface area contributed by atoms with E-state index in [9.17, 15) is 4.79 Å². The number of hydrogen-bond donors (Lipinski definition) is 1.